The van der Waals surface area contributed by atoms with E-state index in [0.717, 1.165) is 18.5 Å². The molecular formula is C20H28N4O. The zero-order valence-corrected chi connectivity index (χ0v) is 15.6. The van der Waals surface area contributed by atoms with Gasteiger partial charge in [0, 0.05) is 32.8 Å². The second-order valence-corrected chi connectivity index (χ2v) is 7.73. The number of carbonyl (C=O) groups is 1. The minimum Gasteiger partial charge on any atom is -0.337 e. The number of carbonyl (C=O) groups excluding carboxylic acids is 1. The maximum Gasteiger partial charge on any atom is 0.317 e. The molecule has 1 heterocycles. The Morgan fingerprint density at radius 3 is 2.84 bits per heavy atom. The van der Waals surface area contributed by atoms with E-state index < -0.39 is 0 Å². The van der Waals surface area contributed by atoms with Crippen molar-refractivity contribution in [2.24, 2.45) is 7.05 Å². The molecule has 2 amide bonds. The van der Waals surface area contributed by atoms with Crippen LogP contribution in [0.25, 0.3) is 0 Å². The summed E-state index contributed by atoms with van der Waals surface area (Å²) >= 11 is 0. The molecule has 1 aromatic heterocycles. The monoisotopic (exact) mass is 340 g/mol. The molecule has 0 spiro atoms. The summed E-state index contributed by atoms with van der Waals surface area (Å²) in [6.45, 7) is 5.81. The van der Waals surface area contributed by atoms with Gasteiger partial charge in [0.1, 0.15) is 0 Å². The number of aryl methyl sites for hydroxylation is 1. The molecule has 0 unspecified atom stereocenters. The van der Waals surface area contributed by atoms with Gasteiger partial charge >= 0.3 is 6.03 Å². The van der Waals surface area contributed by atoms with E-state index in [1.165, 1.54) is 11.1 Å². The lowest BCUT2D eigenvalue weighted by Gasteiger charge is -2.37. The third-order valence-electron chi connectivity index (χ3n) is 5.26. The Morgan fingerprint density at radius 2 is 2.12 bits per heavy atom. The first-order valence-corrected chi connectivity index (χ1v) is 8.94. The molecule has 0 aliphatic heterocycles. The SMILES string of the molecule is CN(Cc1ccn(C)n1)C(=O)NC[C@H]1CCC(C)(C)c2ccccc21. The van der Waals surface area contributed by atoms with Crippen molar-refractivity contribution in [2.45, 2.75) is 44.6 Å². The molecule has 3 rings (SSSR count). The second-order valence-electron chi connectivity index (χ2n) is 7.73. The van der Waals surface area contributed by atoms with Gasteiger partial charge in [0.05, 0.1) is 12.2 Å². The molecule has 25 heavy (non-hydrogen) atoms. The van der Waals surface area contributed by atoms with Crippen molar-refractivity contribution < 1.29 is 4.79 Å². The number of nitrogens with one attached hydrogen (secondary N) is 1. The molecule has 0 radical (unpaired) electrons. The molecule has 0 saturated heterocycles. The van der Waals surface area contributed by atoms with Crippen molar-refractivity contribution in [1.29, 1.82) is 0 Å². The van der Waals surface area contributed by atoms with Crippen molar-refractivity contribution in [1.82, 2.24) is 20.0 Å². The van der Waals surface area contributed by atoms with Crippen LogP contribution in [-0.2, 0) is 19.0 Å². The molecule has 1 aliphatic rings. The number of hydrogen-bond acceptors (Lipinski definition) is 2. The highest BCUT2D eigenvalue weighted by Crippen LogP contribution is 2.42. The Morgan fingerprint density at radius 1 is 1.36 bits per heavy atom. The van der Waals surface area contributed by atoms with Crippen molar-refractivity contribution in [3.8, 4) is 0 Å². The molecule has 1 aromatic carbocycles. The van der Waals surface area contributed by atoms with E-state index in [1.807, 2.05) is 26.4 Å². The van der Waals surface area contributed by atoms with Gasteiger partial charge in [0.25, 0.3) is 0 Å². The van der Waals surface area contributed by atoms with Gasteiger partial charge in [-0.2, -0.15) is 5.10 Å². The number of rotatable bonds is 4. The summed E-state index contributed by atoms with van der Waals surface area (Å²) in [4.78, 5) is 14.1. The van der Waals surface area contributed by atoms with Gasteiger partial charge in [0.15, 0.2) is 0 Å². The maximum atomic E-state index is 12.4. The summed E-state index contributed by atoms with van der Waals surface area (Å²) in [6, 6.07) is 10.5. The van der Waals surface area contributed by atoms with E-state index in [9.17, 15) is 4.79 Å². The number of aromatic nitrogens is 2. The number of amides is 2. The van der Waals surface area contributed by atoms with Crippen LogP contribution in [0.1, 0.15) is 49.4 Å². The minimum atomic E-state index is -0.0482. The number of urea groups is 1. The van der Waals surface area contributed by atoms with Gasteiger partial charge in [-0.3, -0.25) is 4.68 Å². The Bertz CT molecular complexity index is 750. The average Bonchev–Trinajstić information content (AvgIpc) is 2.99. The van der Waals surface area contributed by atoms with E-state index in [-0.39, 0.29) is 11.4 Å². The summed E-state index contributed by atoms with van der Waals surface area (Å²) in [5, 5.41) is 7.42. The minimum absolute atomic E-state index is 0.0482. The quantitative estimate of drug-likeness (QED) is 0.927. The summed E-state index contributed by atoms with van der Waals surface area (Å²) in [5.74, 6) is 0.386. The smallest absolute Gasteiger partial charge is 0.317 e. The van der Waals surface area contributed by atoms with Crippen LogP contribution in [0.4, 0.5) is 4.79 Å². The van der Waals surface area contributed by atoms with Crippen LogP contribution in [0.3, 0.4) is 0 Å². The number of benzene rings is 1. The fraction of sp³-hybridized carbons (Fsp3) is 0.500. The molecule has 134 valence electrons. The molecular weight excluding hydrogens is 312 g/mol. The molecule has 1 atom stereocenters. The predicted molar refractivity (Wildman–Crippen MR) is 99.5 cm³/mol. The van der Waals surface area contributed by atoms with Crippen molar-refractivity contribution in [2.75, 3.05) is 13.6 Å². The zero-order chi connectivity index (χ0) is 18.0. The Labute approximate surface area is 150 Å². The first-order valence-electron chi connectivity index (χ1n) is 8.94. The van der Waals surface area contributed by atoms with Gasteiger partial charge in [-0.1, -0.05) is 38.1 Å². The van der Waals surface area contributed by atoms with Crippen LogP contribution < -0.4 is 5.32 Å². The van der Waals surface area contributed by atoms with Crippen LogP contribution >= 0.6 is 0 Å². The van der Waals surface area contributed by atoms with E-state index in [1.54, 1.807) is 9.58 Å². The van der Waals surface area contributed by atoms with E-state index in [0.29, 0.717) is 19.0 Å². The Balaban J connectivity index is 1.60. The average molecular weight is 340 g/mol. The molecule has 5 heteroatoms. The highest BCUT2D eigenvalue weighted by atomic mass is 16.2. The summed E-state index contributed by atoms with van der Waals surface area (Å²) < 4.78 is 1.75. The maximum absolute atomic E-state index is 12.4. The molecule has 2 aromatic rings. The third kappa shape index (κ3) is 3.86. The Hall–Kier alpha value is -2.30. The van der Waals surface area contributed by atoms with E-state index >= 15 is 0 Å². The van der Waals surface area contributed by atoms with Crippen LogP contribution in [0.15, 0.2) is 36.5 Å². The normalized spacial score (nSPS) is 18.5. The van der Waals surface area contributed by atoms with Crippen molar-refractivity contribution in [3.05, 3.63) is 53.3 Å². The predicted octanol–water partition coefficient (Wildman–Crippen LogP) is 3.42. The van der Waals surface area contributed by atoms with Crippen molar-refractivity contribution in [3.63, 3.8) is 0 Å². The van der Waals surface area contributed by atoms with Gasteiger partial charge in [-0.05, 0) is 35.4 Å². The van der Waals surface area contributed by atoms with Crippen LogP contribution in [0, 0.1) is 0 Å². The molecule has 5 nitrogen and oxygen atoms in total. The van der Waals surface area contributed by atoms with Gasteiger partial charge in [0.2, 0.25) is 0 Å². The summed E-state index contributed by atoms with van der Waals surface area (Å²) in [6.07, 6.45) is 4.14. The largest absolute Gasteiger partial charge is 0.337 e. The van der Waals surface area contributed by atoms with Crippen LogP contribution in [-0.4, -0.2) is 34.3 Å². The fourth-order valence-electron chi connectivity index (χ4n) is 3.71. The first-order chi connectivity index (χ1) is 11.9. The lowest BCUT2D eigenvalue weighted by Crippen LogP contribution is -2.40. The lowest BCUT2D eigenvalue weighted by atomic mass is 9.69. The second kappa shape index (κ2) is 6.90. The first kappa shape index (κ1) is 17.5. The lowest BCUT2D eigenvalue weighted by molar-refractivity contribution is 0.205. The van der Waals surface area contributed by atoms with Crippen LogP contribution in [0.5, 0.6) is 0 Å². The topological polar surface area (TPSA) is 50.2 Å². The molecule has 0 saturated carbocycles. The third-order valence-corrected chi connectivity index (χ3v) is 5.26. The van der Waals surface area contributed by atoms with Gasteiger partial charge in [-0.25, -0.2) is 4.79 Å². The van der Waals surface area contributed by atoms with Crippen LogP contribution in [0.2, 0.25) is 0 Å². The molecule has 0 bridgehead atoms. The fourth-order valence-corrected chi connectivity index (χ4v) is 3.71. The van der Waals surface area contributed by atoms with E-state index in [2.05, 4.69) is 48.5 Å². The highest BCUT2D eigenvalue weighted by molar-refractivity contribution is 5.73. The summed E-state index contributed by atoms with van der Waals surface area (Å²) in [7, 11) is 3.69. The number of nitrogens with zero attached hydrogens (tertiary/aromatic N) is 3. The van der Waals surface area contributed by atoms with Crippen molar-refractivity contribution >= 4 is 6.03 Å². The molecule has 1 N–H and O–H groups in total. The Kier molecular flexibility index (Phi) is 4.84. The van der Waals surface area contributed by atoms with Gasteiger partial charge < -0.3 is 10.2 Å². The summed E-state index contributed by atoms with van der Waals surface area (Å²) in [5.41, 5.74) is 3.91. The number of fused-ring (bicyclic) bond motifs is 1. The zero-order valence-electron chi connectivity index (χ0n) is 15.6. The highest BCUT2D eigenvalue weighted by Gasteiger charge is 2.32. The number of hydrogen-bond donors (Lipinski definition) is 1. The molecule has 0 fully saturated rings. The van der Waals surface area contributed by atoms with E-state index in [4.69, 9.17) is 0 Å². The standard InChI is InChI=1S/C20H28N4O/c1-20(2)11-9-15(17-7-5-6-8-18(17)20)13-21-19(25)23(3)14-16-10-12-24(4)22-16/h5-8,10,12,15H,9,11,13-14H2,1-4H3,(H,21,25)/t15-/m1/s1. The van der Waals surface area contributed by atoms with Gasteiger partial charge in [-0.15, -0.1) is 0 Å². The molecule has 1 aliphatic carbocycles.